The van der Waals surface area contributed by atoms with Crippen LogP contribution in [0.5, 0.6) is 23.0 Å². The molecule has 75 heavy (non-hydrogen) atoms. The summed E-state index contributed by atoms with van der Waals surface area (Å²) in [4.78, 5) is 68.6. The second-order valence-corrected chi connectivity index (χ2v) is 16.1. The Morgan fingerprint density at radius 2 is 1.03 bits per heavy atom. The van der Waals surface area contributed by atoms with E-state index in [0.717, 1.165) is 40.1 Å². The molecule has 384 valence electrons. The highest BCUT2D eigenvalue weighted by Crippen LogP contribution is 2.40. The molecule has 9 N–H and O–H groups in total. The van der Waals surface area contributed by atoms with Gasteiger partial charge in [0, 0.05) is 28.8 Å². The van der Waals surface area contributed by atoms with Crippen LogP contribution in [-0.4, -0.2) is 49.2 Å². The van der Waals surface area contributed by atoms with E-state index < -0.39 is 62.9 Å². The number of amides is 6. The van der Waals surface area contributed by atoms with Crippen molar-refractivity contribution in [2.45, 2.75) is 22.9 Å². The van der Waals surface area contributed by atoms with E-state index in [0.29, 0.717) is 17.3 Å². The third-order valence-electron chi connectivity index (χ3n) is 9.34. The van der Waals surface area contributed by atoms with Gasteiger partial charge in [-0.25, -0.2) is 14.4 Å². The summed E-state index contributed by atoms with van der Waals surface area (Å²) in [5, 5.41) is 74.5. The van der Waals surface area contributed by atoms with Crippen LogP contribution in [0.15, 0.2) is 161 Å². The number of nitro benzene ring substituents is 2. The summed E-state index contributed by atoms with van der Waals surface area (Å²) >= 11 is 7.18. The molecule has 0 atom stereocenters. The van der Waals surface area contributed by atoms with Gasteiger partial charge in [0.2, 0.25) is 0 Å². The molecule has 0 aliphatic carbocycles. The molecule has 0 spiro atoms. The van der Waals surface area contributed by atoms with Crippen molar-refractivity contribution in [1.82, 2.24) is 0 Å². The molecule has 0 fully saturated rings. The molecule has 6 amide bonds. The Kier molecular flexibility index (Phi) is 19.3. The number of anilines is 6. The molecule has 0 aliphatic heterocycles. The van der Waals surface area contributed by atoms with E-state index in [1.54, 1.807) is 60.7 Å². The van der Waals surface area contributed by atoms with Crippen LogP contribution >= 0.6 is 23.4 Å². The minimum Gasteiger partial charge on any atom is -0.506 e. The van der Waals surface area contributed by atoms with Crippen LogP contribution in [0.2, 0.25) is 5.02 Å². The molecular weight excluding hydrogens is 1030 g/mol. The third kappa shape index (κ3) is 16.5. The predicted molar refractivity (Wildman–Crippen MR) is 271 cm³/mol. The van der Waals surface area contributed by atoms with Crippen molar-refractivity contribution in [3.05, 3.63) is 188 Å². The standard InChI is InChI=1S/C20H14N4O4S.C15H13N3O6.C14H10ClF3N2O2/c21-12-13-5-1-3-7-18(13)29-19-8-4-2-6-16(19)23-20(26)22-15-10-9-14(24(27)28)11-17(15)25;1-9(19)24-14-5-3-2-4-12(14)17-15(21)16-11-7-6-10(18(22)23)8-13(11)20;15-9-5-1-2-6-10(9)19-13(22)20-11-7-3-4-8(12(11)21)14(16,17)18/h1-11,25H,(H2,22,23,26);2-8,20H,1H3,(H2,16,17,21);1-7,21H,(H2,19,20,22). The van der Waals surface area contributed by atoms with Crippen LogP contribution in [0.1, 0.15) is 18.1 Å². The first kappa shape index (κ1) is 55.9. The number of nitro groups is 2. The lowest BCUT2D eigenvalue weighted by molar-refractivity contribution is -0.385. The number of carbonyl (C=O) groups is 4. The number of halogens is 4. The molecule has 0 saturated heterocycles. The first-order valence-electron chi connectivity index (χ1n) is 21.0. The van der Waals surface area contributed by atoms with Gasteiger partial charge in [0.1, 0.15) is 17.6 Å². The average Bonchev–Trinajstić information content (AvgIpc) is 3.35. The van der Waals surface area contributed by atoms with Gasteiger partial charge in [0.25, 0.3) is 11.4 Å². The lowest BCUT2D eigenvalue weighted by atomic mass is 10.1. The maximum absolute atomic E-state index is 12.7. The zero-order chi connectivity index (χ0) is 54.8. The lowest BCUT2D eigenvalue weighted by Crippen LogP contribution is -2.20. The number of non-ortho nitro benzene ring substituents is 2. The Morgan fingerprint density at radius 1 is 0.587 bits per heavy atom. The highest BCUT2D eigenvalue weighted by atomic mass is 35.5. The van der Waals surface area contributed by atoms with Crippen LogP contribution in [0.25, 0.3) is 0 Å². The predicted octanol–water partition coefficient (Wildman–Crippen LogP) is 12.5. The van der Waals surface area contributed by atoms with Gasteiger partial charge in [0.15, 0.2) is 11.5 Å². The normalized spacial score (nSPS) is 10.3. The molecule has 7 aromatic carbocycles. The van der Waals surface area contributed by atoms with Crippen molar-refractivity contribution in [1.29, 1.82) is 5.26 Å². The van der Waals surface area contributed by atoms with E-state index >= 15 is 0 Å². The smallest absolute Gasteiger partial charge is 0.420 e. The Balaban J connectivity index is 0.000000210. The number of esters is 1. The van der Waals surface area contributed by atoms with Crippen LogP contribution < -0.4 is 36.6 Å². The van der Waals surface area contributed by atoms with Crippen molar-refractivity contribution in [2.75, 3.05) is 31.9 Å². The summed E-state index contributed by atoms with van der Waals surface area (Å²) in [5.74, 6) is -2.30. The minimum atomic E-state index is -4.72. The molecule has 0 saturated carbocycles. The minimum absolute atomic E-state index is 0.0110. The molecule has 21 nitrogen and oxygen atoms in total. The van der Waals surface area contributed by atoms with Gasteiger partial charge in [-0.1, -0.05) is 78.0 Å². The zero-order valence-electron chi connectivity index (χ0n) is 38.2. The number of hydrogen-bond acceptors (Lipinski definition) is 14. The molecule has 7 rings (SSSR count). The van der Waals surface area contributed by atoms with E-state index in [1.807, 2.05) is 18.2 Å². The first-order valence-corrected chi connectivity index (χ1v) is 22.2. The zero-order valence-corrected chi connectivity index (χ0v) is 39.8. The van der Waals surface area contributed by atoms with Crippen LogP contribution in [0.4, 0.5) is 73.1 Å². The number of phenolic OH excluding ortho intramolecular Hbond substituents is 3. The van der Waals surface area contributed by atoms with Crippen LogP contribution in [0.3, 0.4) is 0 Å². The van der Waals surface area contributed by atoms with Gasteiger partial charge in [-0.2, -0.15) is 18.4 Å². The van der Waals surface area contributed by atoms with Gasteiger partial charge in [-0.15, -0.1) is 0 Å². The number of hydrogen-bond donors (Lipinski definition) is 9. The monoisotopic (exact) mass is 1070 g/mol. The summed E-state index contributed by atoms with van der Waals surface area (Å²) in [6.07, 6.45) is -4.72. The highest BCUT2D eigenvalue weighted by Gasteiger charge is 2.35. The number of rotatable bonds is 11. The molecule has 7 aromatic rings. The Bertz CT molecular complexity index is 3330. The number of benzene rings is 7. The summed E-state index contributed by atoms with van der Waals surface area (Å²) in [6.45, 7) is 1.23. The van der Waals surface area contributed by atoms with E-state index in [-0.39, 0.29) is 50.6 Å². The van der Waals surface area contributed by atoms with Gasteiger partial charge in [-0.3, -0.25) is 25.0 Å². The number of nitriles is 1. The molecular formula is C49H37ClF3N9O12S. The van der Waals surface area contributed by atoms with Crippen molar-refractivity contribution < 1.29 is 62.3 Å². The van der Waals surface area contributed by atoms with Crippen LogP contribution in [-0.2, 0) is 11.0 Å². The number of carbonyl (C=O) groups excluding carboxylic acids is 4. The maximum atomic E-state index is 12.7. The third-order valence-corrected chi connectivity index (χ3v) is 10.8. The molecule has 0 aliphatic rings. The second-order valence-electron chi connectivity index (χ2n) is 14.6. The van der Waals surface area contributed by atoms with E-state index in [4.69, 9.17) is 16.3 Å². The number of nitrogens with one attached hydrogen (secondary N) is 6. The fourth-order valence-corrected chi connectivity index (χ4v) is 7.15. The maximum Gasteiger partial charge on any atom is 0.420 e. The number of ether oxygens (including phenoxy) is 1. The Labute approximate surface area is 430 Å². The first-order chi connectivity index (χ1) is 35.6. The van der Waals surface area contributed by atoms with Crippen molar-refractivity contribution in [3.8, 4) is 29.1 Å². The summed E-state index contributed by atoms with van der Waals surface area (Å²) in [6, 6.07) is 36.3. The van der Waals surface area contributed by atoms with E-state index in [1.165, 1.54) is 55.1 Å². The number of alkyl halides is 3. The Hall–Kier alpha value is -10.1. The quantitative estimate of drug-likeness (QED) is 0.0191. The van der Waals surface area contributed by atoms with Crippen molar-refractivity contribution >= 4 is 92.9 Å². The molecule has 0 aromatic heterocycles. The number of aromatic hydroxyl groups is 3. The highest BCUT2D eigenvalue weighted by molar-refractivity contribution is 7.99. The second kappa shape index (κ2) is 25.9. The number of para-hydroxylation sites is 5. The van der Waals surface area contributed by atoms with Crippen LogP contribution in [0, 0.1) is 31.6 Å². The average molecular weight is 1070 g/mol. The number of phenols is 3. The van der Waals surface area contributed by atoms with Gasteiger partial charge in [-0.05, 0) is 72.8 Å². The lowest BCUT2D eigenvalue weighted by Gasteiger charge is -2.14. The Morgan fingerprint density at radius 3 is 1.55 bits per heavy atom. The molecule has 0 unspecified atom stereocenters. The molecule has 0 heterocycles. The number of urea groups is 3. The van der Waals surface area contributed by atoms with Gasteiger partial charge < -0.3 is 52.0 Å². The largest absolute Gasteiger partial charge is 0.506 e. The van der Waals surface area contributed by atoms with Gasteiger partial charge >= 0.3 is 30.2 Å². The SMILES string of the molecule is CC(=O)Oc1ccccc1NC(=O)Nc1ccc([N+](=O)[O-])cc1O.N#Cc1ccccc1Sc1ccccc1NC(=O)Nc1ccc([N+](=O)[O-])cc1O.O=C(Nc1ccccc1Cl)Nc1cccc(C(F)(F)F)c1O. The van der Waals surface area contributed by atoms with E-state index in [9.17, 15) is 73.2 Å². The molecule has 0 radical (unpaired) electrons. The molecule has 26 heteroatoms. The number of nitrogens with zero attached hydrogens (tertiary/aromatic N) is 3. The topological polar surface area (TPSA) is 320 Å². The van der Waals surface area contributed by atoms with Gasteiger partial charge in [0.05, 0.1) is 72.3 Å². The summed E-state index contributed by atoms with van der Waals surface area (Å²) in [5.41, 5.74) is -0.611. The molecule has 0 bridgehead atoms. The summed E-state index contributed by atoms with van der Waals surface area (Å²) < 4.78 is 42.9. The summed E-state index contributed by atoms with van der Waals surface area (Å²) in [7, 11) is 0. The van der Waals surface area contributed by atoms with Crippen molar-refractivity contribution in [3.63, 3.8) is 0 Å². The van der Waals surface area contributed by atoms with Crippen molar-refractivity contribution in [2.24, 2.45) is 0 Å². The van der Waals surface area contributed by atoms with E-state index in [2.05, 4.69) is 38.0 Å². The fraction of sp³-hybridized carbons (Fsp3) is 0.0408. The fourth-order valence-electron chi connectivity index (χ4n) is 5.98.